The molecule has 1 aromatic heterocycles. The lowest BCUT2D eigenvalue weighted by molar-refractivity contribution is 0.580. The molecule has 0 fully saturated rings. The summed E-state index contributed by atoms with van der Waals surface area (Å²) in [7, 11) is 0. The average Bonchev–Trinajstić information content (AvgIpc) is 2.44. The summed E-state index contributed by atoms with van der Waals surface area (Å²) in [5, 5.41) is 11.1. The number of nitrogens with one attached hydrogen (secondary N) is 1. The molecule has 0 aliphatic carbocycles. The Kier molecular flexibility index (Phi) is 4.58. The van der Waals surface area contributed by atoms with Gasteiger partial charge in [-0.05, 0) is 48.7 Å². The minimum absolute atomic E-state index is 0.0504. The van der Waals surface area contributed by atoms with Gasteiger partial charge >= 0.3 is 0 Å². The first-order valence-corrected chi connectivity index (χ1v) is 6.48. The standard InChI is InChI=1S/C15H18FN3/c1-3-7-17-15(13-6-8-18-19-10-13)12-5-4-11(2)14(16)9-12/h4-6,8-10,15,17H,3,7H2,1-2H3. The smallest absolute Gasteiger partial charge is 0.126 e. The third kappa shape index (κ3) is 3.35. The van der Waals surface area contributed by atoms with E-state index in [1.165, 1.54) is 0 Å². The normalized spacial score (nSPS) is 12.4. The molecule has 1 aromatic carbocycles. The van der Waals surface area contributed by atoms with Gasteiger partial charge in [0.1, 0.15) is 5.82 Å². The minimum atomic E-state index is -0.178. The summed E-state index contributed by atoms with van der Waals surface area (Å²) in [6.07, 6.45) is 4.38. The van der Waals surface area contributed by atoms with Crippen LogP contribution in [0.2, 0.25) is 0 Å². The van der Waals surface area contributed by atoms with Crippen LogP contribution in [-0.4, -0.2) is 16.7 Å². The lowest BCUT2D eigenvalue weighted by Gasteiger charge is -2.19. The van der Waals surface area contributed by atoms with Gasteiger partial charge in [-0.1, -0.05) is 19.1 Å². The summed E-state index contributed by atoms with van der Waals surface area (Å²) < 4.78 is 13.7. The molecule has 1 atom stereocenters. The monoisotopic (exact) mass is 259 g/mol. The quantitative estimate of drug-likeness (QED) is 0.897. The van der Waals surface area contributed by atoms with Gasteiger partial charge in [-0.25, -0.2) is 4.39 Å². The fourth-order valence-electron chi connectivity index (χ4n) is 1.98. The van der Waals surface area contributed by atoms with Crippen molar-refractivity contribution >= 4 is 0 Å². The summed E-state index contributed by atoms with van der Waals surface area (Å²) in [5.74, 6) is -0.178. The van der Waals surface area contributed by atoms with E-state index >= 15 is 0 Å². The fourth-order valence-corrected chi connectivity index (χ4v) is 1.98. The van der Waals surface area contributed by atoms with Crippen molar-refractivity contribution in [3.8, 4) is 0 Å². The third-order valence-electron chi connectivity index (χ3n) is 3.07. The number of hydrogen-bond acceptors (Lipinski definition) is 3. The highest BCUT2D eigenvalue weighted by Gasteiger charge is 2.14. The highest BCUT2D eigenvalue weighted by atomic mass is 19.1. The topological polar surface area (TPSA) is 37.8 Å². The van der Waals surface area contributed by atoms with Gasteiger partial charge in [0, 0.05) is 6.20 Å². The van der Waals surface area contributed by atoms with E-state index in [2.05, 4.69) is 22.4 Å². The predicted molar refractivity (Wildman–Crippen MR) is 73.3 cm³/mol. The first kappa shape index (κ1) is 13.6. The molecule has 0 bridgehead atoms. The van der Waals surface area contributed by atoms with E-state index in [-0.39, 0.29) is 11.9 Å². The molecular weight excluding hydrogens is 241 g/mol. The second kappa shape index (κ2) is 6.38. The van der Waals surface area contributed by atoms with E-state index in [4.69, 9.17) is 0 Å². The fraction of sp³-hybridized carbons (Fsp3) is 0.333. The molecule has 1 unspecified atom stereocenters. The Morgan fingerprint density at radius 3 is 2.68 bits per heavy atom. The van der Waals surface area contributed by atoms with Gasteiger partial charge in [0.2, 0.25) is 0 Å². The van der Waals surface area contributed by atoms with Crippen molar-refractivity contribution in [3.63, 3.8) is 0 Å². The van der Waals surface area contributed by atoms with Crippen LogP contribution in [0.4, 0.5) is 4.39 Å². The van der Waals surface area contributed by atoms with E-state index < -0.39 is 0 Å². The van der Waals surface area contributed by atoms with Crippen LogP contribution in [0.1, 0.15) is 36.1 Å². The van der Waals surface area contributed by atoms with Crippen LogP contribution in [0.25, 0.3) is 0 Å². The summed E-state index contributed by atoms with van der Waals surface area (Å²) >= 11 is 0. The SMILES string of the molecule is CCCNC(c1ccnnc1)c1ccc(C)c(F)c1. The second-order valence-corrected chi connectivity index (χ2v) is 4.57. The van der Waals surface area contributed by atoms with Crippen LogP contribution < -0.4 is 5.32 Å². The maximum absolute atomic E-state index is 13.7. The molecule has 0 aliphatic heterocycles. The Labute approximate surface area is 112 Å². The molecule has 0 aliphatic rings. The van der Waals surface area contributed by atoms with Crippen molar-refractivity contribution in [2.75, 3.05) is 6.54 Å². The zero-order chi connectivity index (χ0) is 13.7. The lowest BCUT2D eigenvalue weighted by atomic mass is 9.99. The third-order valence-corrected chi connectivity index (χ3v) is 3.07. The van der Waals surface area contributed by atoms with E-state index in [1.54, 1.807) is 31.5 Å². The molecule has 0 spiro atoms. The van der Waals surface area contributed by atoms with Crippen LogP contribution in [0.5, 0.6) is 0 Å². The van der Waals surface area contributed by atoms with Crippen LogP contribution in [-0.2, 0) is 0 Å². The Hall–Kier alpha value is -1.81. The molecule has 0 radical (unpaired) electrons. The maximum Gasteiger partial charge on any atom is 0.126 e. The van der Waals surface area contributed by atoms with Gasteiger partial charge < -0.3 is 5.32 Å². The summed E-state index contributed by atoms with van der Waals surface area (Å²) in [6.45, 7) is 4.73. The number of rotatable bonds is 5. The number of hydrogen-bond donors (Lipinski definition) is 1. The second-order valence-electron chi connectivity index (χ2n) is 4.57. The zero-order valence-electron chi connectivity index (χ0n) is 11.2. The van der Waals surface area contributed by atoms with E-state index in [0.29, 0.717) is 5.56 Å². The maximum atomic E-state index is 13.7. The lowest BCUT2D eigenvalue weighted by Crippen LogP contribution is -2.23. The van der Waals surface area contributed by atoms with Crippen LogP contribution in [0, 0.1) is 12.7 Å². The van der Waals surface area contributed by atoms with Gasteiger partial charge in [-0.2, -0.15) is 10.2 Å². The molecule has 100 valence electrons. The zero-order valence-corrected chi connectivity index (χ0v) is 11.2. The number of aromatic nitrogens is 2. The highest BCUT2D eigenvalue weighted by Crippen LogP contribution is 2.22. The Balaban J connectivity index is 2.34. The van der Waals surface area contributed by atoms with E-state index in [9.17, 15) is 4.39 Å². The Morgan fingerprint density at radius 1 is 1.21 bits per heavy atom. The van der Waals surface area contributed by atoms with Crippen LogP contribution in [0.15, 0.2) is 36.7 Å². The van der Waals surface area contributed by atoms with Crippen molar-refractivity contribution in [1.82, 2.24) is 15.5 Å². The van der Waals surface area contributed by atoms with Crippen LogP contribution >= 0.6 is 0 Å². The summed E-state index contributed by atoms with van der Waals surface area (Å²) in [5.41, 5.74) is 2.56. The van der Waals surface area contributed by atoms with Crippen molar-refractivity contribution in [3.05, 3.63) is 59.2 Å². The number of halogens is 1. The highest BCUT2D eigenvalue weighted by molar-refractivity contribution is 5.32. The number of nitrogens with zero attached hydrogens (tertiary/aromatic N) is 2. The Morgan fingerprint density at radius 2 is 2.05 bits per heavy atom. The molecule has 1 N–H and O–H groups in total. The van der Waals surface area contributed by atoms with Gasteiger partial charge in [-0.3, -0.25) is 0 Å². The summed E-state index contributed by atoms with van der Waals surface area (Å²) in [4.78, 5) is 0. The summed E-state index contributed by atoms with van der Waals surface area (Å²) in [6, 6.07) is 7.19. The van der Waals surface area contributed by atoms with Gasteiger partial charge in [0.25, 0.3) is 0 Å². The molecular formula is C15H18FN3. The van der Waals surface area contributed by atoms with Gasteiger partial charge in [0.15, 0.2) is 0 Å². The predicted octanol–water partition coefficient (Wildman–Crippen LogP) is 3.01. The number of aryl methyl sites for hydroxylation is 1. The Bertz CT molecular complexity index is 528. The molecule has 2 aromatic rings. The van der Waals surface area contributed by atoms with E-state index in [0.717, 1.165) is 24.1 Å². The largest absolute Gasteiger partial charge is 0.306 e. The molecule has 0 amide bonds. The van der Waals surface area contributed by atoms with Crippen molar-refractivity contribution in [2.45, 2.75) is 26.3 Å². The van der Waals surface area contributed by atoms with E-state index in [1.807, 2.05) is 12.1 Å². The van der Waals surface area contributed by atoms with Gasteiger partial charge in [-0.15, -0.1) is 0 Å². The first-order valence-electron chi connectivity index (χ1n) is 6.48. The van der Waals surface area contributed by atoms with Crippen molar-refractivity contribution < 1.29 is 4.39 Å². The molecule has 19 heavy (non-hydrogen) atoms. The molecule has 0 saturated carbocycles. The molecule has 3 nitrogen and oxygen atoms in total. The first-order chi connectivity index (χ1) is 9.22. The average molecular weight is 259 g/mol. The van der Waals surface area contributed by atoms with Gasteiger partial charge in [0.05, 0.1) is 12.2 Å². The van der Waals surface area contributed by atoms with Crippen molar-refractivity contribution in [1.29, 1.82) is 0 Å². The van der Waals surface area contributed by atoms with Crippen molar-refractivity contribution in [2.24, 2.45) is 0 Å². The molecule has 4 heteroatoms. The molecule has 1 heterocycles. The minimum Gasteiger partial charge on any atom is -0.306 e. The molecule has 2 rings (SSSR count). The molecule has 0 saturated heterocycles. The number of benzene rings is 1. The van der Waals surface area contributed by atoms with Crippen LogP contribution in [0.3, 0.4) is 0 Å².